The highest BCUT2D eigenvalue weighted by molar-refractivity contribution is 7.14. The number of hydrogen-bond acceptors (Lipinski definition) is 4. The van der Waals surface area contributed by atoms with E-state index in [0.717, 1.165) is 28.5 Å². The number of aryl methyl sites for hydroxylation is 1. The van der Waals surface area contributed by atoms with E-state index in [1.165, 1.54) is 5.56 Å². The van der Waals surface area contributed by atoms with Crippen LogP contribution < -0.4 is 10.6 Å². The lowest BCUT2D eigenvalue weighted by atomic mass is 10.1. The average Bonchev–Trinajstić information content (AvgIpc) is 3.15. The number of thiazole rings is 1. The van der Waals surface area contributed by atoms with E-state index < -0.39 is 0 Å². The van der Waals surface area contributed by atoms with Crippen LogP contribution in [0.1, 0.15) is 22.8 Å². The molecule has 0 unspecified atom stereocenters. The van der Waals surface area contributed by atoms with Crippen LogP contribution in [-0.4, -0.2) is 17.4 Å². The SMILES string of the molecule is C=CCNc1nc(-c2cccc(NC(=O)c3ccc(CC)cc3)c2)cs1. The molecule has 1 heterocycles. The minimum absolute atomic E-state index is 0.114. The van der Waals surface area contributed by atoms with Gasteiger partial charge in [-0.25, -0.2) is 4.98 Å². The molecule has 3 rings (SSSR count). The molecule has 1 aromatic heterocycles. The second kappa shape index (κ2) is 8.45. The predicted octanol–water partition coefficient (Wildman–Crippen LogP) is 5.22. The fourth-order valence-corrected chi connectivity index (χ4v) is 3.23. The smallest absolute Gasteiger partial charge is 0.255 e. The maximum Gasteiger partial charge on any atom is 0.255 e. The zero-order chi connectivity index (χ0) is 18.4. The molecule has 0 saturated heterocycles. The molecular weight excluding hydrogens is 342 g/mol. The normalized spacial score (nSPS) is 10.3. The molecule has 2 N–H and O–H groups in total. The van der Waals surface area contributed by atoms with Crippen molar-refractivity contribution >= 4 is 28.1 Å². The fourth-order valence-electron chi connectivity index (χ4n) is 2.50. The average molecular weight is 363 g/mol. The van der Waals surface area contributed by atoms with Gasteiger partial charge in [0.2, 0.25) is 0 Å². The van der Waals surface area contributed by atoms with Crippen LogP contribution in [0.3, 0.4) is 0 Å². The third-order valence-electron chi connectivity index (χ3n) is 3.94. The molecule has 26 heavy (non-hydrogen) atoms. The summed E-state index contributed by atoms with van der Waals surface area (Å²) in [6.07, 6.45) is 2.76. The monoisotopic (exact) mass is 363 g/mol. The molecule has 0 aliphatic carbocycles. The van der Waals surface area contributed by atoms with Crippen LogP contribution in [0, 0.1) is 0 Å². The lowest BCUT2D eigenvalue weighted by Crippen LogP contribution is -2.11. The molecule has 0 radical (unpaired) electrons. The molecule has 2 aromatic carbocycles. The van der Waals surface area contributed by atoms with E-state index in [1.807, 2.05) is 53.9 Å². The maximum atomic E-state index is 12.4. The van der Waals surface area contributed by atoms with Crippen LogP contribution >= 0.6 is 11.3 Å². The van der Waals surface area contributed by atoms with E-state index in [0.29, 0.717) is 12.1 Å². The van der Waals surface area contributed by atoms with Crippen LogP contribution in [0.4, 0.5) is 10.8 Å². The Morgan fingerprint density at radius 2 is 2.04 bits per heavy atom. The number of amides is 1. The van der Waals surface area contributed by atoms with Gasteiger partial charge in [0.05, 0.1) is 5.69 Å². The van der Waals surface area contributed by atoms with Crippen molar-refractivity contribution in [3.8, 4) is 11.3 Å². The first kappa shape index (κ1) is 17.9. The number of nitrogens with zero attached hydrogens (tertiary/aromatic N) is 1. The summed E-state index contributed by atoms with van der Waals surface area (Å²) in [6, 6.07) is 15.4. The van der Waals surface area contributed by atoms with Crippen molar-refractivity contribution in [3.05, 3.63) is 77.7 Å². The van der Waals surface area contributed by atoms with Crippen molar-refractivity contribution in [1.29, 1.82) is 0 Å². The lowest BCUT2D eigenvalue weighted by Gasteiger charge is -2.07. The molecular formula is C21H21N3OS. The van der Waals surface area contributed by atoms with Crippen LogP contribution in [0.5, 0.6) is 0 Å². The van der Waals surface area contributed by atoms with Crippen molar-refractivity contribution < 1.29 is 4.79 Å². The summed E-state index contributed by atoms with van der Waals surface area (Å²) in [5, 5.41) is 8.98. The Labute approximate surface area is 157 Å². The summed E-state index contributed by atoms with van der Waals surface area (Å²) >= 11 is 1.55. The van der Waals surface area contributed by atoms with Crippen molar-refractivity contribution in [3.63, 3.8) is 0 Å². The van der Waals surface area contributed by atoms with E-state index in [-0.39, 0.29) is 5.91 Å². The molecule has 0 atom stereocenters. The molecule has 0 spiro atoms. The summed E-state index contributed by atoms with van der Waals surface area (Å²) in [7, 11) is 0. The van der Waals surface area contributed by atoms with Gasteiger partial charge in [0.15, 0.2) is 5.13 Å². The van der Waals surface area contributed by atoms with E-state index in [2.05, 4.69) is 29.1 Å². The van der Waals surface area contributed by atoms with Gasteiger partial charge in [0.25, 0.3) is 5.91 Å². The number of carbonyl (C=O) groups is 1. The number of rotatable bonds is 7. The Kier molecular flexibility index (Phi) is 5.81. The van der Waals surface area contributed by atoms with Gasteiger partial charge in [0.1, 0.15) is 0 Å². The largest absolute Gasteiger partial charge is 0.358 e. The van der Waals surface area contributed by atoms with Gasteiger partial charge in [-0.2, -0.15) is 0 Å². The summed E-state index contributed by atoms with van der Waals surface area (Å²) in [6.45, 7) is 6.46. The molecule has 3 aromatic rings. The minimum Gasteiger partial charge on any atom is -0.358 e. The molecule has 0 aliphatic heterocycles. The quantitative estimate of drug-likeness (QED) is 0.566. The van der Waals surface area contributed by atoms with Crippen LogP contribution in [0.25, 0.3) is 11.3 Å². The Balaban J connectivity index is 1.73. The van der Waals surface area contributed by atoms with Gasteiger partial charge in [-0.3, -0.25) is 4.79 Å². The van der Waals surface area contributed by atoms with Gasteiger partial charge in [-0.15, -0.1) is 17.9 Å². The number of hydrogen-bond donors (Lipinski definition) is 2. The van der Waals surface area contributed by atoms with Crippen molar-refractivity contribution in [2.24, 2.45) is 0 Å². The first-order valence-corrected chi connectivity index (χ1v) is 9.38. The highest BCUT2D eigenvalue weighted by atomic mass is 32.1. The zero-order valence-electron chi connectivity index (χ0n) is 14.7. The minimum atomic E-state index is -0.114. The summed E-state index contributed by atoms with van der Waals surface area (Å²) in [5.41, 5.74) is 4.46. The summed E-state index contributed by atoms with van der Waals surface area (Å²) in [5.74, 6) is -0.114. The molecule has 132 valence electrons. The molecule has 5 heteroatoms. The Hall–Kier alpha value is -2.92. The number of nitrogens with one attached hydrogen (secondary N) is 2. The molecule has 0 bridgehead atoms. The fraction of sp³-hybridized carbons (Fsp3) is 0.143. The highest BCUT2D eigenvalue weighted by Gasteiger charge is 2.08. The molecule has 0 saturated carbocycles. The zero-order valence-corrected chi connectivity index (χ0v) is 15.5. The van der Waals surface area contributed by atoms with E-state index >= 15 is 0 Å². The van der Waals surface area contributed by atoms with Gasteiger partial charge < -0.3 is 10.6 Å². The third kappa shape index (κ3) is 4.37. The molecule has 0 fully saturated rings. The van der Waals surface area contributed by atoms with Crippen molar-refractivity contribution in [2.45, 2.75) is 13.3 Å². The van der Waals surface area contributed by atoms with Crippen molar-refractivity contribution in [1.82, 2.24) is 4.98 Å². The Morgan fingerprint density at radius 1 is 1.23 bits per heavy atom. The van der Waals surface area contributed by atoms with Gasteiger partial charge in [-0.05, 0) is 36.2 Å². The second-order valence-corrected chi connectivity index (χ2v) is 6.65. The molecule has 1 amide bonds. The third-order valence-corrected chi connectivity index (χ3v) is 4.74. The number of benzene rings is 2. The van der Waals surface area contributed by atoms with Gasteiger partial charge in [0, 0.05) is 28.7 Å². The molecule has 0 aliphatic rings. The Morgan fingerprint density at radius 3 is 2.77 bits per heavy atom. The topological polar surface area (TPSA) is 54.0 Å². The van der Waals surface area contributed by atoms with Crippen LogP contribution in [0.15, 0.2) is 66.6 Å². The van der Waals surface area contributed by atoms with Crippen molar-refractivity contribution in [2.75, 3.05) is 17.2 Å². The summed E-state index contributed by atoms with van der Waals surface area (Å²) < 4.78 is 0. The highest BCUT2D eigenvalue weighted by Crippen LogP contribution is 2.27. The Bertz CT molecular complexity index is 900. The summed E-state index contributed by atoms with van der Waals surface area (Å²) in [4.78, 5) is 17.0. The van der Waals surface area contributed by atoms with Gasteiger partial charge in [-0.1, -0.05) is 37.3 Å². The lowest BCUT2D eigenvalue weighted by molar-refractivity contribution is 0.102. The second-order valence-electron chi connectivity index (χ2n) is 5.79. The van der Waals surface area contributed by atoms with E-state index in [1.54, 1.807) is 17.4 Å². The standard InChI is InChI=1S/C21H21N3OS/c1-3-12-22-21-24-19(14-26-21)17-6-5-7-18(13-17)23-20(25)16-10-8-15(4-2)9-11-16/h3,5-11,13-14H,1,4,12H2,2H3,(H,22,24)(H,23,25). The van der Waals surface area contributed by atoms with E-state index in [4.69, 9.17) is 0 Å². The number of anilines is 2. The van der Waals surface area contributed by atoms with E-state index in [9.17, 15) is 4.79 Å². The molecule has 4 nitrogen and oxygen atoms in total. The number of aromatic nitrogens is 1. The van der Waals surface area contributed by atoms with Crippen LogP contribution in [-0.2, 0) is 6.42 Å². The maximum absolute atomic E-state index is 12.4. The van der Waals surface area contributed by atoms with Gasteiger partial charge >= 0.3 is 0 Å². The number of carbonyl (C=O) groups excluding carboxylic acids is 1. The first-order chi connectivity index (χ1) is 12.7. The predicted molar refractivity (Wildman–Crippen MR) is 110 cm³/mol. The first-order valence-electron chi connectivity index (χ1n) is 8.50. The van der Waals surface area contributed by atoms with Crippen LogP contribution in [0.2, 0.25) is 0 Å².